The summed E-state index contributed by atoms with van der Waals surface area (Å²) in [5.74, 6) is -0.567. The van der Waals surface area contributed by atoms with E-state index in [-0.39, 0.29) is 11.7 Å². The summed E-state index contributed by atoms with van der Waals surface area (Å²) in [5.41, 5.74) is 2.80. The maximum atomic E-state index is 13.4. The normalized spacial score (nSPS) is 10.4. The Morgan fingerprint density at radius 2 is 1.75 bits per heavy atom. The van der Waals surface area contributed by atoms with E-state index < -0.39 is 0 Å². The number of rotatable bonds is 2. The Balaban J connectivity index is 2.27. The van der Waals surface area contributed by atoms with E-state index in [0.29, 0.717) is 21.3 Å². The molecular formula is C15H12Br2FNO. The van der Waals surface area contributed by atoms with Gasteiger partial charge in [-0.3, -0.25) is 4.79 Å². The number of aryl methyl sites for hydroxylation is 2. The van der Waals surface area contributed by atoms with Crippen molar-refractivity contribution in [1.29, 1.82) is 0 Å². The standard InChI is InChI=1S/C15H12Br2FNO/c1-8-5-10(3-4-11(8)16)15(20)19-14-7-12(17)13(18)6-9(14)2/h3-7H,1-2H3,(H,19,20). The summed E-state index contributed by atoms with van der Waals surface area (Å²) in [6, 6.07) is 8.31. The Hall–Kier alpha value is -1.20. The molecule has 0 heterocycles. The highest BCUT2D eigenvalue weighted by Crippen LogP contribution is 2.25. The molecule has 0 aliphatic heterocycles. The molecule has 1 amide bonds. The SMILES string of the molecule is Cc1cc(C(=O)Nc2cc(Br)c(F)cc2C)ccc1Br. The van der Waals surface area contributed by atoms with Crippen molar-refractivity contribution in [3.05, 3.63) is 61.8 Å². The smallest absolute Gasteiger partial charge is 0.255 e. The largest absolute Gasteiger partial charge is 0.322 e. The lowest BCUT2D eigenvalue weighted by molar-refractivity contribution is 0.102. The Kier molecular flexibility index (Phi) is 4.60. The van der Waals surface area contributed by atoms with Crippen LogP contribution < -0.4 is 5.32 Å². The van der Waals surface area contributed by atoms with E-state index in [1.165, 1.54) is 6.07 Å². The molecule has 104 valence electrons. The minimum absolute atomic E-state index is 0.220. The summed E-state index contributed by atoms with van der Waals surface area (Å²) in [7, 11) is 0. The van der Waals surface area contributed by atoms with Gasteiger partial charge in [0.25, 0.3) is 5.91 Å². The zero-order valence-corrected chi connectivity index (χ0v) is 14.1. The van der Waals surface area contributed by atoms with Gasteiger partial charge in [-0.05, 0) is 71.2 Å². The molecule has 0 saturated heterocycles. The quantitative estimate of drug-likeness (QED) is 0.735. The molecular weight excluding hydrogens is 389 g/mol. The summed E-state index contributed by atoms with van der Waals surface area (Å²) < 4.78 is 14.6. The molecule has 5 heteroatoms. The molecule has 2 aromatic carbocycles. The highest BCUT2D eigenvalue weighted by Gasteiger charge is 2.11. The molecule has 0 radical (unpaired) electrons. The summed E-state index contributed by atoms with van der Waals surface area (Å²) in [6.45, 7) is 3.67. The van der Waals surface area contributed by atoms with Crippen LogP contribution >= 0.6 is 31.9 Å². The topological polar surface area (TPSA) is 29.1 Å². The van der Waals surface area contributed by atoms with Crippen molar-refractivity contribution in [2.45, 2.75) is 13.8 Å². The molecule has 0 bridgehead atoms. The summed E-state index contributed by atoms with van der Waals surface area (Å²) in [4.78, 5) is 12.2. The number of benzene rings is 2. The van der Waals surface area contributed by atoms with Crippen LogP contribution in [0.15, 0.2) is 39.3 Å². The van der Waals surface area contributed by atoms with Crippen LogP contribution in [-0.4, -0.2) is 5.91 Å². The third-order valence-electron chi connectivity index (χ3n) is 2.94. The minimum Gasteiger partial charge on any atom is -0.322 e. The summed E-state index contributed by atoms with van der Waals surface area (Å²) >= 11 is 6.51. The molecule has 0 atom stereocenters. The third-order valence-corrected chi connectivity index (χ3v) is 4.43. The molecule has 0 spiro atoms. The van der Waals surface area contributed by atoms with E-state index in [1.807, 2.05) is 13.0 Å². The van der Waals surface area contributed by atoms with Crippen molar-refractivity contribution in [3.63, 3.8) is 0 Å². The van der Waals surface area contributed by atoms with E-state index in [4.69, 9.17) is 0 Å². The van der Waals surface area contributed by atoms with Crippen molar-refractivity contribution in [3.8, 4) is 0 Å². The Morgan fingerprint density at radius 1 is 1.05 bits per heavy atom. The lowest BCUT2D eigenvalue weighted by Gasteiger charge is -2.10. The van der Waals surface area contributed by atoms with E-state index in [1.54, 1.807) is 25.1 Å². The second-order valence-electron chi connectivity index (χ2n) is 4.50. The molecule has 0 unspecified atom stereocenters. The van der Waals surface area contributed by atoms with Gasteiger partial charge in [-0.1, -0.05) is 15.9 Å². The molecule has 0 fully saturated rings. The highest BCUT2D eigenvalue weighted by atomic mass is 79.9. The molecule has 0 aliphatic rings. The monoisotopic (exact) mass is 399 g/mol. The minimum atomic E-state index is -0.347. The lowest BCUT2D eigenvalue weighted by Crippen LogP contribution is -2.13. The molecule has 0 saturated carbocycles. The van der Waals surface area contributed by atoms with Crippen molar-refractivity contribution >= 4 is 43.5 Å². The predicted octanol–water partition coefficient (Wildman–Crippen LogP) is 5.22. The highest BCUT2D eigenvalue weighted by molar-refractivity contribution is 9.10. The van der Waals surface area contributed by atoms with Gasteiger partial charge < -0.3 is 5.32 Å². The van der Waals surface area contributed by atoms with E-state index in [9.17, 15) is 9.18 Å². The van der Waals surface area contributed by atoms with Crippen LogP contribution in [0.5, 0.6) is 0 Å². The van der Waals surface area contributed by atoms with Crippen molar-refractivity contribution in [2.75, 3.05) is 5.32 Å². The fourth-order valence-corrected chi connectivity index (χ4v) is 2.35. The van der Waals surface area contributed by atoms with Crippen LogP contribution in [-0.2, 0) is 0 Å². The van der Waals surface area contributed by atoms with Gasteiger partial charge in [0, 0.05) is 15.7 Å². The van der Waals surface area contributed by atoms with Crippen molar-refractivity contribution in [2.24, 2.45) is 0 Å². The van der Waals surface area contributed by atoms with Gasteiger partial charge >= 0.3 is 0 Å². The number of nitrogens with one attached hydrogen (secondary N) is 1. The van der Waals surface area contributed by atoms with Gasteiger partial charge in [0.05, 0.1) is 4.47 Å². The predicted molar refractivity (Wildman–Crippen MR) is 85.7 cm³/mol. The first-order chi connectivity index (χ1) is 9.38. The van der Waals surface area contributed by atoms with Crippen molar-refractivity contribution < 1.29 is 9.18 Å². The van der Waals surface area contributed by atoms with Crippen LogP contribution in [0.1, 0.15) is 21.5 Å². The fraction of sp³-hybridized carbons (Fsp3) is 0.133. The van der Waals surface area contributed by atoms with Crippen molar-refractivity contribution in [1.82, 2.24) is 0 Å². The molecule has 2 nitrogen and oxygen atoms in total. The van der Waals surface area contributed by atoms with E-state index in [2.05, 4.69) is 37.2 Å². The second-order valence-corrected chi connectivity index (χ2v) is 6.21. The molecule has 0 aromatic heterocycles. The first kappa shape index (κ1) is 15.2. The van der Waals surface area contributed by atoms with Crippen LogP contribution in [0.4, 0.5) is 10.1 Å². The second kappa shape index (κ2) is 6.06. The first-order valence-corrected chi connectivity index (χ1v) is 7.50. The van der Waals surface area contributed by atoms with E-state index >= 15 is 0 Å². The van der Waals surface area contributed by atoms with Gasteiger partial charge in [0.15, 0.2) is 0 Å². The van der Waals surface area contributed by atoms with Crippen LogP contribution in [0.2, 0.25) is 0 Å². The first-order valence-electron chi connectivity index (χ1n) is 5.91. The Labute approximate surface area is 133 Å². The number of hydrogen-bond donors (Lipinski definition) is 1. The van der Waals surface area contributed by atoms with Crippen LogP contribution in [0, 0.1) is 19.7 Å². The molecule has 0 aliphatic carbocycles. The van der Waals surface area contributed by atoms with Gasteiger partial charge in [-0.25, -0.2) is 4.39 Å². The summed E-state index contributed by atoms with van der Waals surface area (Å²) in [5, 5.41) is 2.79. The van der Waals surface area contributed by atoms with Gasteiger partial charge in [-0.2, -0.15) is 0 Å². The third kappa shape index (κ3) is 3.27. The molecule has 2 aromatic rings. The maximum Gasteiger partial charge on any atom is 0.255 e. The Bertz CT molecular complexity index is 686. The average Bonchev–Trinajstić information content (AvgIpc) is 2.39. The Morgan fingerprint density at radius 3 is 2.40 bits per heavy atom. The van der Waals surface area contributed by atoms with Crippen LogP contribution in [0.3, 0.4) is 0 Å². The number of anilines is 1. The number of hydrogen-bond acceptors (Lipinski definition) is 1. The van der Waals surface area contributed by atoms with Crippen LogP contribution in [0.25, 0.3) is 0 Å². The van der Waals surface area contributed by atoms with Gasteiger partial charge in [0.2, 0.25) is 0 Å². The number of carbonyl (C=O) groups is 1. The lowest BCUT2D eigenvalue weighted by atomic mass is 10.1. The number of halogens is 3. The zero-order valence-electron chi connectivity index (χ0n) is 10.9. The maximum absolute atomic E-state index is 13.4. The summed E-state index contributed by atoms with van der Waals surface area (Å²) in [6.07, 6.45) is 0. The zero-order chi connectivity index (χ0) is 14.9. The van der Waals surface area contributed by atoms with Gasteiger partial charge in [-0.15, -0.1) is 0 Å². The number of amides is 1. The van der Waals surface area contributed by atoms with Gasteiger partial charge in [0.1, 0.15) is 5.82 Å². The average molecular weight is 401 g/mol. The molecule has 2 rings (SSSR count). The van der Waals surface area contributed by atoms with E-state index in [0.717, 1.165) is 10.0 Å². The molecule has 1 N–H and O–H groups in total. The molecule has 20 heavy (non-hydrogen) atoms. The number of carbonyl (C=O) groups excluding carboxylic acids is 1. The fourth-order valence-electron chi connectivity index (χ4n) is 1.76.